The van der Waals surface area contributed by atoms with Crippen molar-refractivity contribution in [3.8, 4) is 11.3 Å². The summed E-state index contributed by atoms with van der Waals surface area (Å²) in [7, 11) is 1.76. The van der Waals surface area contributed by atoms with E-state index in [1.165, 1.54) is 6.20 Å². The molecule has 1 nitrogen and oxygen atoms in total. The van der Waals surface area contributed by atoms with Crippen LogP contribution in [0.15, 0.2) is 30.5 Å². The Kier molecular flexibility index (Phi) is 6.44. The van der Waals surface area contributed by atoms with Crippen molar-refractivity contribution in [2.24, 2.45) is 7.05 Å². The van der Waals surface area contributed by atoms with Crippen LogP contribution in [0.4, 0.5) is 0 Å². The van der Waals surface area contributed by atoms with E-state index in [1.54, 1.807) is 42.8 Å². The molecule has 0 amide bonds. The van der Waals surface area contributed by atoms with Gasteiger partial charge < -0.3 is 18.9 Å². The summed E-state index contributed by atoms with van der Waals surface area (Å²) < 4.78 is 46.3. The normalized spacial score (nSPS) is 14.4. The largest absolute Gasteiger partial charge is 3.00 e. The maximum absolute atomic E-state index is 7.44. The van der Waals surface area contributed by atoms with Gasteiger partial charge in [-0.15, -0.1) is 11.6 Å². The average Bonchev–Trinajstić information content (AvgIpc) is 2.48. The quantitative estimate of drug-likeness (QED) is 0.498. The van der Waals surface area contributed by atoms with Crippen LogP contribution in [0.2, 0.25) is 0 Å². The van der Waals surface area contributed by atoms with Crippen LogP contribution in [0.5, 0.6) is 0 Å². The molecule has 0 atom stereocenters. The van der Waals surface area contributed by atoms with Gasteiger partial charge in [-0.25, -0.2) is 0 Å². The summed E-state index contributed by atoms with van der Waals surface area (Å²) in [5.41, 5.74) is 2.89. The number of hydrogen-bond donors (Lipinski definition) is 0. The first-order chi connectivity index (χ1) is 11.0. The third-order valence-electron chi connectivity index (χ3n) is 2.57. The Morgan fingerprint density at radius 1 is 1.25 bits per heavy atom. The van der Waals surface area contributed by atoms with Gasteiger partial charge in [0.15, 0.2) is 0 Å². The van der Waals surface area contributed by atoms with E-state index in [2.05, 4.69) is 13.0 Å². The first-order valence-corrected chi connectivity index (χ1v) is 5.74. The van der Waals surface area contributed by atoms with Crippen molar-refractivity contribution in [2.45, 2.75) is 27.6 Å². The smallest absolute Gasteiger partial charge is 0.358 e. The van der Waals surface area contributed by atoms with Crippen molar-refractivity contribution in [1.82, 2.24) is 0 Å². The van der Waals surface area contributed by atoms with E-state index >= 15 is 0 Å². The van der Waals surface area contributed by atoms with Gasteiger partial charge in [0, 0.05) is 8.22 Å². The Hall–Kier alpha value is -0.253. The minimum absolute atomic E-state index is 0. The number of hydrogen-bond acceptors (Lipinski definition) is 0. The van der Waals surface area contributed by atoms with Crippen LogP contribution in [0, 0.1) is 82.8 Å². The SMILES string of the molecule is [2H]C([2H])([2H])c1[c-]cc(-c2ccc(C([2H])([2H])[2H])cc2C)[n+](C)c1.[CH2-]C.[CH3-].[Ce+3]. The van der Waals surface area contributed by atoms with Crippen LogP contribution < -0.4 is 4.57 Å². The Labute approximate surface area is 167 Å². The fraction of sp³-hybridized carbons (Fsp3) is 0.278. The third-order valence-corrected chi connectivity index (χ3v) is 2.57. The zero-order valence-corrected chi connectivity index (χ0v) is 15.7. The van der Waals surface area contributed by atoms with Crippen LogP contribution in [-0.4, -0.2) is 0 Å². The molecule has 20 heavy (non-hydrogen) atoms. The van der Waals surface area contributed by atoms with Crippen molar-refractivity contribution in [3.05, 3.63) is 67.6 Å². The number of nitrogens with zero attached hydrogens (tertiary/aromatic N) is 1. The second-order valence-corrected chi connectivity index (χ2v) is 3.86. The maximum atomic E-state index is 7.44. The van der Waals surface area contributed by atoms with Gasteiger partial charge >= 0.3 is 41.7 Å². The van der Waals surface area contributed by atoms with E-state index in [4.69, 9.17) is 8.22 Å². The van der Waals surface area contributed by atoms with Gasteiger partial charge in [-0.1, -0.05) is 30.6 Å². The summed E-state index contributed by atoms with van der Waals surface area (Å²) >= 11 is 0. The standard InChI is InChI=1S/C15H17N.C2H5.CH3.Ce/c1-11-5-7-14(13(3)9-11)15-8-6-12(2)10-16(15)4;1-2;;/h5,7-10H,1-4H3;1H2,2H3;1H3;/q;2*-1;+3/i1D3,2D3;;;. The number of aromatic nitrogens is 1. The number of aryl methyl sites for hydroxylation is 4. The average molecular weight is 402 g/mol. The van der Waals surface area contributed by atoms with Crippen LogP contribution in [-0.2, 0) is 7.05 Å². The minimum atomic E-state index is -2.20. The summed E-state index contributed by atoms with van der Waals surface area (Å²) in [6.45, 7) is 2.50. The fourth-order valence-corrected chi connectivity index (χ4v) is 1.77. The molecule has 1 radical (unpaired) electrons. The Bertz CT molecular complexity index is 646. The van der Waals surface area contributed by atoms with Crippen LogP contribution in [0.3, 0.4) is 0 Å². The number of rotatable bonds is 1. The molecule has 2 aromatic rings. The first kappa shape index (κ1) is 12.3. The van der Waals surface area contributed by atoms with Gasteiger partial charge in [0.05, 0.1) is 6.20 Å². The zero-order valence-electron chi connectivity index (χ0n) is 18.5. The summed E-state index contributed by atoms with van der Waals surface area (Å²) in [6.07, 6.45) is 1.53. The molecule has 2 heteroatoms. The minimum Gasteiger partial charge on any atom is -0.358 e. The molecule has 1 heterocycles. The monoisotopic (exact) mass is 401 g/mol. The van der Waals surface area contributed by atoms with E-state index in [-0.39, 0.29) is 54.7 Å². The molecule has 0 spiro atoms. The molecule has 0 bridgehead atoms. The zero-order chi connectivity index (χ0) is 18.7. The van der Waals surface area contributed by atoms with Crippen molar-refractivity contribution >= 4 is 0 Å². The molecule has 0 saturated heterocycles. The van der Waals surface area contributed by atoms with Gasteiger partial charge in [-0.3, -0.25) is 0 Å². The molecule has 1 aromatic heterocycles. The van der Waals surface area contributed by atoms with Gasteiger partial charge in [-0.2, -0.15) is 13.0 Å². The van der Waals surface area contributed by atoms with Gasteiger partial charge in [0.2, 0.25) is 0 Å². The van der Waals surface area contributed by atoms with E-state index in [1.807, 2.05) is 6.92 Å². The molecule has 0 aliphatic carbocycles. The Morgan fingerprint density at radius 2 is 1.95 bits per heavy atom. The van der Waals surface area contributed by atoms with E-state index in [0.717, 1.165) is 16.8 Å². The second kappa shape index (κ2) is 10.5. The molecule has 0 saturated carbocycles. The molecular weight excluding hydrogens is 370 g/mol. The Balaban J connectivity index is 0. The van der Waals surface area contributed by atoms with Crippen molar-refractivity contribution in [2.75, 3.05) is 0 Å². The second-order valence-electron chi connectivity index (χ2n) is 3.86. The summed E-state index contributed by atoms with van der Waals surface area (Å²) in [5.74, 6) is 0. The molecule has 0 aliphatic heterocycles. The molecule has 0 aliphatic rings. The molecule has 2 rings (SSSR count). The predicted molar refractivity (Wildman–Crippen MR) is 83.5 cm³/mol. The van der Waals surface area contributed by atoms with Crippen LogP contribution in [0.1, 0.15) is 31.8 Å². The summed E-state index contributed by atoms with van der Waals surface area (Å²) in [5, 5.41) is 0. The van der Waals surface area contributed by atoms with Crippen molar-refractivity contribution in [3.63, 3.8) is 0 Å². The third kappa shape index (κ3) is 5.62. The van der Waals surface area contributed by atoms with Crippen LogP contribution in [0.25, 0.3) is 11.3 Å². The van der Waals surface area contributed by atoms with E-state index in [0.29, 0.717) is 5.56 Å². The summed E-state index contributed by atoms with van der Waals surface area (Å²) in [6, 6.07) is 9.38. The number of benzene rings is 1. The number of pyridine rings is 1. The van der Waals surface area contributed by atoms with Crippen molar-refractivity contribution in [1.29, 1.82) is 0 Å². The Morgan fingerprint density at radius 3 is 2.45 bits per heavy atom. The van der Waals surface area contributed by atoms with E-state index < -0.39 is 13.7 Å². The molecular formula is C18H25CeN+. The molecule has 105 valence electrons. The van der Waals surface area contributed by atoms with E-state index in [9.17, 15) is 0 Å². The fourth-order valence-electron chi connectivity index (χ4n) is 1.77. The van der Waals surface area contributed by atoms with Gasteiger partial charge in [0.1, 0.15) is 12.7 Å². The topological polar surface area (TPSA) is 3.88 Å². The van der Waals surface area contributed by atoms with Gasteiger partial charge in [0.25, 0.3) is 0 Å². The molecule has 0 N–H and O–H groups in total. The summed E-state index contributed by atoms with van der Waals surface area (Å²) in [4.78, 5) is 0. The predicted octanol–water partition coefficient (Wildman–Crippen LogP) is 4.19. The van der Waals surface area contributed by atoms with Gasteiger partial charge in [-0.05, 0) is 24.9 Å². The molecule has 0 unspecified atom stereocenters. The van der Waals surface area contributed by atoms with Crippen LogP contribution >= 0.6 is 0 Å². The molecule has 1 aromatic carbocycles. The first-order valence-electron chi connectivity index (χ1n) is 8.74. The molecule has 0 fully saturated rings. The van der Waals surface area contributed by atoms with Crippen molar-refractivity contribution < 1.29 is 54.5 Å². The maximum Gasteiger partial charge on any atom is 3.00 e.